The van der Waals surface area contributed by atoms with E-state index >= 15 is 0 Å². The molecule has 16 heavy (non-hydrogen) atoms. The molecule has 1 amide bonds. The lowest BCUT2D eigenvalue weighted by molar-refractivity contribution is -0.125. The van der Waals surface area contributed by atoms with E-state index in [9.17, 15) is 9.90 Å². The number of aliphatic hydroxyl groups excluding tert-OH is 1. The van der Waals surface area contributed by atoms with E-state index in [0.29, 0.717) is 12.3 Å². The summed E-state index contributed by atoms with van der Waals surface area (Å²) in [4.78, 5) is 11.7. The van der Waals surface area contributed by atoms with Crippen molar-refractivity contribution < 1.29 is 9.90 Å². The molecule has 4 heteroatoms. The summed E-state index contributed by atoms with van der Waals surface area (Å²) >= 11 is 0. The highest BCUT2D eigenvalue weighted by Gasteiger charge is 2.35. The second-order valence-corrected chi connectivity index (χ2v) is 5.12. The molecule has 1 atom stereocenters. The highest BCUT2D eigenvalue weighted by Crippen LogP contribution is 2.31. The molecule has 0 radical (unpaired) electrons. The molecule has 4 nitrogen and oxygen atoms in total. The van der Waals surface area contributed by atoms with E-state index in [0.717, 1.165) is 25.7 Å². The number of hydrogen-bond acceptors (Lipinski definition) is 3. The zero-order valence-corrected chi connectivity index (χ0v) is 10.3. The van der Waals surface area contributed by atoms with Gasteiger partial charge in [-0.3, -0.25) is 4.79 Å². The van der Waals surface area contributed by atoms with Gasteiger partial charge in [-0.1, -0.05) is 13.8 Å². The number of rotatable bonds is 4. The minimum absolute atomic E-state index is 0.0158. The van der Waals surface area contributed by atoms with Gasteiger partial charge >= 0.3 is 0 Å². The van der Waals surface area contributed by atoms with Gasteiger partial charge in [0, 0.05) is 0 Å². The van der Waals surface area contributed by atoms with Crippen LogP contribution in [-0.2, 0) is 4.79 Å². The van der Waals surface area contributed by atoms with Gasteiger partial charge in [-0.05, 0) is 38.0 Å². The molecule has 0 aliphatic heterocycles. The van der Waals surface area contributed by atoms with Crippen molar-refractivity contribution in [1.82, 2.24) is 5.32 Å². The highest BCUT2D eigenvalue weighted by molar-refractivity contribution is 5.82. The van der Waals surface area contributed by atoms with Crippen LogP contribution in [0.15, 0.2) is 0 Å². The molecule has 1 aliphatic rings. The molecule has 0 unspecified atom stereocenters. The molecular weight excluding hydrogens is 204 g/mol. The normalized spacial score (nSPS) is 32.1. The molecule has 94 valence electrons. The van der Waals surface area contributed by atoms with Gasteiger partial charge in [0.15, 0.2) is 0 Å². The SMILES string of the molecule is CC[C@H](N)C(=O)NC1(CO)CCC(C)CC1. The van der Waals surface area contributed by atoms with Crippen molar-refractivity contribution in [2.45, 2.75) is 57.5 Å². The Morgan fingerprint density at radius 3 is 2.56 bits per heavy atom. The first-order chi connectivity index (χ1) is 7.53. The molecule has 4 N–H and O–H groups in total. The fourth-order valence-corrected chi connectivity index (χ4v) is 2.18. The van der Waals surface area contributed by atoms with Crippen LogP contribution in [0.1, 0.15) is 46.0 Å². The van der Waals surface area contributed by atoms with Gasteiger partial charge in [-0.15, -0.1) is 0 Å². The zero-order valence-electron chi connectivity index (χ0n) is 10.3. The van der Waals surface area contributed by atoms with Crippen LogP contribution in [0.3, 0.4) is 0 Å². The predicted molar refractivity (Wildman–Crippen MR) is 63.9 cm³/mol. The molecule has 1 saturated carbocycles. The third-order valence-corrected chi connectivity index (χ3v) is 3.70. The Balaban J connectivity index is 2.57. The summed E-state index contributed by atoms with van der Waals surface area (Å²) in [5.41, 5.74) is 5.26. The van der Waals surface area contributed by atoms with Gasteiger partial charge in [0.25, 0.3) is 0 Å². The van der Waals surface area contributed by atoms with Gasteiger partial charge in [0.1, 0.15) is 0 Å². The van der Waals surface area contributed by atoms with Gasteiger partial charge in [-0.25, -0.2) is 0 Å². The van der Waals surface area contributed by atoms with Crippen LogP contribution in [0.5, 0.6) is 0 Å². The molecular formula is C12H24N2O2. The minimum Gasteiger partial charge on any atom is -0.394 e. The number of nitrogens with two attached hydrogens (primary N) is 1. The first kappa shape index (κ1) is 13.5. The van der Waals surface area contributed by atoms with E-state index < -0.39 is 11.6 Å². The second-order valence-electron chi connectivity index (χ2n) is 5.12. The lowest BCUT2D eigenvalue weighted by Gasteiger charge is -2.39. The largest absolute Gasteiger partial charge is 0.394 e. The van der Waals surface area contributed by atoms with Crippen LogP contribution < -0.4 is 11.1 Å². The first-order valence-corrected chi connectivity index (χ1v) is 6.21. The standard InChI is InChI=1S/C12H24N2O2/c1-3-10(13)11(16)14-12(8-15)6-4-9(2)5-7-12/h9-10,15H,3-8,13H2,1-2H3,(H,14,16)/t9?,10-,12?/m0/s1. The van der Waals surface area contributed by atoms with Gasteiger partial charge in [-0.2, -0.15) is 0 Å². The van der Waals surface area contributed by atoms with Crippen LogP contribution in [0, 0.1) is 5.92 Å². The molecule has 0 aromatic rings. The van der Waals surface area contributed by atoms with Crippen LogP contribution in [-0.4, -0.2) is 29.2 Å². The van der Waals surface area contributed by atoms with Crippen LogP contribution in [0.2, 0.25) is 0 Å². The summed E-state index contributed by atoms with van der Waals surface area (Å²) in [6, 6.07) is -0.456. The number of nitrogens with one attached hydrogen (secondary N) is 1. The van der Waals surface area contributed by atoms with E-state index in [2.05, 4.69) is 12.2 Å². The van der Waals surface area contributed by atoms with Crippen molar-refractivity contribution in [2.75, 3.05) is 6.61 Å². The van der Waals surface area contributed by atoms with Crippen LogP contribution in [0.4, 0.5) is 0 Å². The van der Waals surface area contributed by atoms with Crippen LogP contribution >= 0.6 is 0 Å². The lowest BCUT2D eigenvalue weighted by atomic mass is 9.77. The number of carbonyl (C=O) groups is 1. The topological polar surface area (TPSA) is 75.4 Å². The Kier molecular flexibility index (Phi) is 4.74. The minimum atomic E-state index is -0.456. The molecule has 1 aliphatic carbocycles. The summed E-state index contributed by atoms with van der Waals surface area (Å²) in [5.74, 6) is 0.558. The zero-order chi connectivity index (χ0) is 12.2. The third kappa shape index (κ3) is 3.19. The number of amides is 1. The summed E-state index contributed by atoms with van der Waals surface area (Å²) in [7, 11) is 0. The molecule has 1 fully saturated rings. The number of aliphatic hydroxyl groups is 1. The van der Waals surface area contributed by atoms with E-state index in [1.807, 2.05) is 6.92 Å². The average molecular weight is 228 g/mol. The predicted octanol–water partition coefficient (Wildman–Crippen LogP) is 0.781. The van der Waals surface area contributed by atoms with Gasteiger partial charge in [0.2, 0.25) is 5.91 Å². The maximum atomic E-state index is 11.7. The Morgan fingerprint density at radius 1 is 1.56 bits per heavy atom. The van der Waals surface area contributed by atoms with Crippen molar-refractivity contribution in [1.29, 1.82) is 0 Å². The summed E-state index contributed by atoms with van der Waals surface area (Å²) in [5, 5.41) is 12.4. The van der Waals surface area contributed by atoms with Gasteiger partial charge in [0.05, 0.1) is 18.2 Å². The van der Waals surface area contributed by atoms with Crippen molar-refractivity contribution in [2.24, 2.45) is 11.7 Å². The summed E-state index contributed by atoms with van der Waals surface area (Å²) in [6.07, 6.45) is 4.45. The fourth-order valence-electron chi connectivity index (χ4n) is 2.18. The second kappa shape index (κ2) is 5.64. The quantitative estimate of drug-likeness (QED) is 0.665. The summed E-state index contributed by atoms with van der Waals surface area (Å²) < 4.78 is 0. The Bertz CT molecular complexity index is 235. The fraction of sp³-hybridized carbons (Fsp3) is 0.917. The van der Waals surface area contributed by atoms with E-state index in [1.54, 1.807) is 0 Å². The molecule has 0 heterocycles. The molecule has 0 aromatic heterocycles. The van der Waals surface area contributed by atoms with E-state index in [1.165, 1.54) is 0 Å². The maximum absolute atomic E-state index is 11.7. The number of hydrogen-bond donors (Lipinski definition) is 3. The molecule has 0 bridgehead atoms. The van der Waals surface area contributed by atoms with Crippen molar-refractivity contribution in [3.63, 3.8) is 0 Å². The van der Waals surface area contributed by atoms with E-state index in [4.69, 9.17) is 5.73 Å². The Labute approximate surface area is 97.6 Å². The molecule has 0 spiro atoms. The van der Waals surface area contributed by atoms with E-state index in [-0.39, 0.29) is 12.5 Å². The Morgan fingerprint density at radius 2 is 2.12 bits per heavy atom. The molecule has 1 rings (SSSR count). The average Bonchev–Trinajstić information content (AvgIpc) is 2.31. The molecule has 0 saturated heterocycles. The lowest BCUT2D eigenvalue weighted by Crippen LogP contribution is -2.57. The van der Waals surface area contributed by atoms with Crippen molar-refractivity contribution in [3.8, 4) is 0 Å². The van der Waals surface area contributed by atoms with Crippen molar-refractivity contribution in [3.05, 3.63) is 0 Å². The third-order valence-electron chi connectivity index (χ3n) is 3.70. The van der Waals surface area contributed by atoms with Crippen molar-refractivity contribution >= 4 is 5.91 Å². The van der Waals surface area contributed by atoms with Gasteiger partial charge < -0.3 is 16.2 Å². The first-order valence-electron chi connectivity index (χ1n) is 6.21. The van der Waals surface area contributed by atoms with Crippen LogP contribution in [0.25, 0.3) is 0 Å². The Hall–Kier alpha value is -0.610. The monoisotopic (exact) mass is 228 g/mol. The maximum Gasteiger partial charge on any atom is 0.237 e. The smallest absolute Gasteiger partial charge is 0.237 e. The molecule has 0 aromatic carbocycles. The highest BCUT2D eigenvalue weighted by atomic mass is 16.3. The number of carbonyl (C=O) groups excluding carboxylic acids is 1. The summed E-state index contributed by atoms with van der Waals surface area (Å²) in [6.45, 7) is 4.11.